The van der Waals surface area contributed by atoms with Crippen LogP contribution in [-0.2, 0) is 5.41 Å². The highest BCUT2D eigenvalue weighted by Crippen LogP contribution is 2.29. The van der Waals surface area contributed by atoms with Crippen LogP contribution in [0.2, 0.25) is 0 Å². The smallest absolute Gasteiger partial charge is 0.187 e. The second-order valence-corrected chi connectivity index (χ2v) is 7.62. The van der Waals surface area contributed by atoms with E-state index in [0.29, 0.717) is 4.99 Å². The van der Waals surface area contributed by atoms with Crippen LogP contribution in [0.3, 0.4) is 0 Å². The Hall–Kier alpha value is -0.980. The number of halogens is 1. The first-order valence-electron chi connectivity index (χ1n) is 6.10. The van der Waals surface area contributed by atoms with Gasteiger partial charge in [-0.2, -0.15) is 0 Å². The van der Waals surface area contributed by atoms with Crippen molar-refractivity contribution in [2.24, 2.45) is 5.73 Å². The van der Waals surface area contributed by atoms with Crippen LogP contribution in [0.25, 0.3) is 0 Å². The minimum atomic E-state index is 0.0621. The maximum Gasteiger partial charge on any atom is 0.187 e. The molecule has 0 spiro atoms. The van der Waals surface area contributed by atoms with Crippen LogP contribution in [0.1, 0.15) is 32.0 Å². The number of anilines is 2. The van der Waals surface area contributed by atoms with Crippen LogP contribution in [0.5, 0.6) is 0 Å². The molecule has 1 heterocycles. The van der Waals surface area contributed by atoms with E-state index in [1.54, 1.807) is 11.3 Å². The van der Waals surface area contributed by atoms with Gasteiger partial charge in [0.1, 0.15) is 4.99 Å². The number of nitrogens with zero attached hydrogens (tertiary/aromatic N) is 1. The van der Waals surface area contributed by atoms with Gasteiger partial charge in [0, 0.05) is 26.5 Å². The molecule has 0 amide bonds. The Kier molecular flexibility index (Phi) is 4.46. The van der Waals surface area contributed by atoms with Gasteiger partial charge in [-0.1, -0.05) is 33.0 Å². The Balaban J connectivity index is 2.20. The lowest BCUT2D eigenvalue weighted by Crippen LogP contribution is -2.11. The van der Waals surface area contributed by atoms with Gasteiger partial charge in [0.15, 0.2) is 5.13 Å². The summed E-state index contributed by atoms with van der Waals surface area (Å²) >= 11 is 10.1. The summed E-state index contributed by atoms with van der Waals surface area (Å²) in [4.78, 5) is 4.99. The molecule has 0 aliphatic rings. The first kappa shape index (κ1) is 15.4. The van der Waals surface area contributed by atoms with Gasteiger partial charge in [0.05, 0.1) is 5.69 Å². The van der Waals surface area contributed by atoms with Crippen LogP contribution in [0.15, 0.2) is 28.1 Å². The molecular weight excluding hydrogens is 354 g/mol. The largest absolute Gasteiger partial charge is 0.389 e. The summed E-state index contributed by atoms with van der Waals surface area (Å²) in [6.45, 7) is 6.46. The fourth-order valence-electron chi connectivity index (χ4n) is 1.59. The van der Waals surface area contributed by atoms with Gasteiger partial charge in [-0.05, 0) is 34.1 Å². The van der Waals surface area contributed by atoms with Crippen LogP contribution >= 0.6 is 39.5 Å². The third kappa shape index (κ3) is 3.56. The zero-order valence-corrected chi connectivity index (χ0v) is 14.7. The number of aromatic nitrogens is 1. The molecule has 6 heteroatoms. The molecule has 0 bridgehead atoms. The number of nitrogens with one attached hydrogen (secondary N) is 1. The molecule has 0 saturated carbocycles. The van der Waals surface area contributed by atoms with Crippen molar-refractivity contribution in [2.75, 3.05) is 5.32 Å². The van der Waals surface area contributed by atoms with Gasteiger partial charge in [-0.15, -0.1) is 11.3 Å². The molecule has 1 aromatic heterocycles. The number of hydrogen-bond donors (Lipinski definition) is 2. The molecule has 0 atom stereocenters. The topological polar surface area (TPSA) is 50.9 Å². The van der Waals surface area contributed by atoms with Crippen molar-refractivity contribution in [1.29, 1.82) is 0 Å². The fraction of sp³-hybridized carbons (Fsp3) is 0.286. The lowest BCUT2D eigenvalue weighted by atomic mass is 9.93. The number of benzene rings is 1. The molecule has 0 unspecified atom stereocenters. The van der Waals surface area contributed by atoms with Gasteiger partial charge in [-0.3, -0.25) is 0 Å². The number of thiocarbonyl (C=S) groups is 1. The summed E-state index contributed by atoms with van der Waals surface area (Å²) in [7, 11) is 0. The Labute approximate surface area is 136 Å². The summed E-state index contributed by atoms with van der Waals surface area (Å²) < 4.78 is 0.877. The molecule has 3 N–H and O–H groups in total. The first-order valence-corrected chi connectivity index (χ1v) is 8.18. The van der Waals surface area contributed by atoms with E-state index in [4.69, 9.17) is 18.0 Å². The molecule has 0 aliphatic heterocycles. The lowest BCUT2D eigenvalue weighted by Gasteiger charge is -2.14. The highest BCUT2D eigenvalue weighted by molar-refractivity contribution is 9.10. The summed E-state index contributed by atoms with van der Waals surface area (Å²) in [6, 6.07) is 5.79. The van der Waals surface area contributed by atoms with Gasteiger partial charge < -0.3 is 11.1 Å². The summed E-state index contributed by atoms with van der Waals surface area (Å²) in [5.41, 5.74) is 8.57. The van der Waals surface area contributed by atoms with Crippen LogP contribution in [-0.4, -0.2) is 9.97 Å². The van der Waals surface area contributed by atoms with Crippen molar-refractivity contribution >= 4 is 55.3 Å². The van der Waals surface area contributed by atoms with Crippen LogP contribution in [0.4, 0.5) is 10.8 Å². The van der Waals surface area contributed by atoms with Gasteiger partial charge in [0.2, 0.25) is 0 Å². The van der Waals surface area contributed by atoms with E-state index in [9.17, 15) is 0 Å². The Morgan fingerprint density at radius 1 is 1.40 bits per heavy atom. The molecule has 2 aromatic rings. The Morgan fingerprint density at radius 3 is 2.60 bits per heavy atom. The van der Waals surface area contributed by atoms with E-state index in [1.807, 2.05) is 18.2 Å². The molecule has 0 aliphatic carbocycles. The van der Waals surface area contributed by atoms with E-state index >= 15 is 0 Å². The third-order valence-corrected chi connectivity index (χ3v) is 4.39. The van der Waals surface area contributed by atoms with Gasteiger partial charge >= 0.3 is 0 Å². The standard InChI is InChI=1S/C14H16BrN3S2/c1-14(2,3)11-7-20-13(18-11)17-8-4-5-9(12(16)19)10(15)6-8/h4-7H,1-3H3,(H2,16,19)(H,17,18). The predicted octanol–water partition coefficient (Wildman–Crippen LogP) is 4.58. The van der Waals surface area contributed by atoms with Crippen molar-refractivity contribution in [1.82, 2.24) is 4.98 Å². The molecular formula is C14H16BrN3S2. The second kappa shape index (κ2) is 5.79. The Morgan fingerprint density at radius 2 is 2.10 bits per heavy atom. The highest BCUT2D eigenvalue weighted by atomic mass is 79.9. The fourth-order valence-corrected chi connectivity index (χ4v) is 3.45. The minimum Gasteiger partial charge on any atom is -0.389 e. The molecule has 106 valence electrons. The molecule has 1 aromatic carbocycles. The summed E-state index contributed by atoms with van der Waals surface area (Å²) in [6.07, 6.45) is 0. The van der Waals surface area contributed by atoms with Crippen molar-refractivity contribution in [2.45, 2.75) is 26.2 Å². The van der Waals surface area contributed by atoms with Crippen molar-refractivity contribution in [3.8, 4) is 0 Å². The predicted molar refractivity (Wildman–Crippen MR) is 94.1 cm³/mol. The van der Waals surface area contributed by atoms with E-state index < -0.39 is 0 Å². The molecule has 2 rings (SSSR count). The van der Waals surface area contributed by atoms with Gasteiger partial charge in [-0.25, -0.2) is 4.98 Å². The average Bonchev–Trinajstić information content (AvgIpc) is 2.76. The Bertz CT molecular complexity index is 644. The number of nitrogens with two attached hydrogens (primary N) is 1. The van der Waals surface area contributed by atoms with E-state index in [2.05, 4.69) is 52.4 Å². The monoisotopic (exact) mass is 369 g/mol. The SMILES string of the molecule is CC(C)(C)c1csc(Nc2ccc(C(N)=S)c(Br)c2)n1. The quantitative estimate of drug-likeness (QED) is 0.777. The van der Waals surface area contributed by atoms with E-state index in [0.717, 1.165) is 26.5 Å². The normalized spacial score (nSPS) is 11.4. The van der Waals surface area contributed by atoms with Gasteiger partial charge in [0.25, 0.3) is 0 Å². The summed E-state index contributed by atoms with van der Waals surface area (Å²) in [5, 5.41) is 6.26. The average molecular weight is 370 g/mol. The van der Waals surface area contributed by atoms with Crippen molar-refractivity contribution in [3.63, 3.8) is 0 Å². The molecule has 20 heavy (non-hydrogen) atoms. The first-order chi connectivity index (χ1) is 9.27. The van der Waals surface area contributed by atoms with Crippen molar-refractivity contribution in [3.05, 3.63) is 39.3 Å². The molecule has 0 radical (unpaired) electrons. The lowest BCUT2D eigenvalue weighted by molar-refractivity contribution is 0.573. The minimum absolute atomic E-state index is 0.0621. The van der Waals surface area contributed by atoms with Crippen molar-refractivity contribution < 1.29 is 0 Å². The molecule has 0 saturated heterocycles. The number of hydrogen-bond acceptors (Lipinski definition) is 4. The number of rotatable bonds is 3. The maximum absolute atomic E-state index is 5.64. The van der Waals surface area contributed by atoms with E-state index in [1.165, 1.54) is 0 Å². The van der Waals surface area contributed by atoms with Crippen LogP contribution in [0, 0.1) is 0 Å². The number of thiazole rings is 1. The van der Waals surface area contributed by atoms with E-state index in [-0.39, 0.29) is 5.41 Å². The van der Waals surface area contributed by atoms with Crippen LogP contribution < -0.4 is 11.1 Å². The molecule has 3 nitrogen and oxygen atoms in total. The molecule has 0 fully saturated rings. The second-order valence-electron chi connectivity index (χ2n) is 5.47. The summed E-state index contributed by atoms with van der Waals surface area (Å²) in [5.74, 6) is 0. The zero-order chi connectivity index (χ0) is 14.9. The highest BCUT2D eigenvalue weighted by Gasteiger charge is 2.17. The zero-order valence-electron chi connectivity index (χ0n) is 11.5. The maximum atomic E-state index is 5.64. The third-order valence-electron chi connectivity index (χ3n) is 2.76.